The van der Waals surface area contributed by atoms with Gasteiger partial charge in [-0.3, -0.25) is 8.74 Å². The van der Waals surface area contributed by atoms with E-state index in [1.807, 2.05) is 0 Å². The van der Waals surface area contributed by atoms with Crippen LogP contribution in [-0.4, -0.2) is 33.6 Å². The predicted molar refractivity (Wildman–Crippen MR) is 43.0 cm³/mol. The Morgan fingerprint density at radius 2 is 1.69 bits per heavy atom. The Bertz CT molecular complexity index is 307. The number of thiol groups is 1. The molecule has 80 valence electrons. The van der Waals surface area contributed by atoms with Crippen molar-refractivity contribution >= 4 is 21.4 Å². The van der Waals surface area contributed by atoms with Gasteiger partial charge in [0.25, 0.3) is 11.0 Å². The molecule has 0 aliphatic rings. The van der Waals surface area contributed by atoms with Crippen molar-refractivity contribution in [2.75, 3.05) is 0 Å². The Labute approximate surface area is 77.8 Å². The van der Waals surface area contributed by atoms with Gasteiger partial charge in [-0.1, -0.05) is 0 Å². The molecule has 9 heteroatoms. The summed E-state index contributed by atoms with van der Waals surface area (Å²) in [5.41, 5.74) is 0. The highest BCUT2D eigenvalue weighted by atomic mass is 32.3. The number of hydrogen-bond donors (Lipinski definition) is 2. The van der Waals surface area contributed by atoms with Gasteiger partial charge >= 0.3 is 10.4 Å². The second kappa shape index (κ2) is 4.86. The lowest BCUT2D eigenvalue weighted by atomic mass is 10.3. The van der Waals surface area contributed by atoms with E-state index in [0.717, 1.165) is 0 Å². The Balaban J connectivity index is 4.19. The molecule has 0 fully saturated rings. The van der Waals surface area contributed by atoms with Crippen molar-refractivity contribution in [1.82, 2.24) is 0 Å². The van der Waals surface area contributed by atoms with Crippen LogP contribution in [0.25, 0.3) is 0 Å². The first-order valence-corrected chi connectivity index (χ1v) is 5.65. The molecule has 7 nitrogen and oxygen atoms in total. The minimum atomic E-state index is -4.58. The Hall–Kier alpha value is -0.220. The normalized spacial score (nSPS) is 17.2. The van der Waals surface area contributed by atoms with Crippen LogP contribution in [0.4, 0.5) is 0 Å². The summed E-state index contributed by atoms with van der Waals surface area (Å²) >= 11 is 0. The van der Waals surface area contributed by atoms with Crippen LogP contribution < -0.4 is 0 Å². The van der Waals surface area contributed by atoms with E-state index in [-0.39, 0.29) is 0 Å². The van der Waals surface area contributed by atoms with Gasteiger partial charge in [-0.25, -0.2) is 12.6 Å². The molecule has 0 radical (unpaired) electrons. The lowest BCUT2D eigenvalue weighted by Gasteiger charge is -2.14. The first-order chi connectivity index (χ1) is 5.72. The zero-order valence-electron chi connectivity index (χ0n) is 6.91. The summed E-state index contributed by atoms with van der Waals surface area (Å²) in [6.45, 7) is 2.54. The van der Waals surface area contributed by atoms with E-state index in [1.165, 1.54) is 13.8 Å². The van der Waals surface area contributed by atoms with Gasteiger partial charge in [-0.05, 0) is 13.8 Å². The summed E-state index contributed by atoms with van der Waals surface area (Å²) in [6.07, 6.45) is -2.06. The van der Waals surface area contributed by atoms with E-state index in [1.54, 1.807) is 0 Å². The van der Waals surface area contributed by atoms with E-state index >= 15 is 0 Å². The molecular weight excluding hydrogens is 224 g/mol. The fourth-order valence-corrected chi connectivity index (χ4v) is 1.47. The summed E-state index contributed by atoms with van der Waals surface area (Å²) in [5, 5.41) is 0. The lowest BCUT2D eigenvalue weighted by molar-refractivity contribution is 0.0807. The van der Waals surface area contributed by atoms with Gasteiger partial charge in [-0.15, -0.1) is 0 Å². The average Bonchev–Trinajstić information content (AvgIpc) is 1.81. The molecule has 0 bridgehead atoms. The molecule has 0 spiro atoms. The fourth-order valence-electron chi connectivity index (χ4n) is 0.492. The average molecular weight is 234 g/mol. The monoisotopic (exact) mass is 234 g/mol. The van der Waals surface area contributed by atoms with Crippen molar-refractivity contribution in [1.29, 1.82) is 0 Å². The minimum absolute atomic E-state index is 0.983. The second-order valence-electron chi connectivity index (χ2n) is 2.26. The van der Waals surface area contributed by atoms with E-state index in [4.69, 9.17) is 4.55 Å². The molecule has 0 saturated heterocycles. The van der Waals surface area contributed by atoms with E-state index < -0.39 is 33.6 Å². The van der Waals surface area contributed by atoms with Crippen molar-refractivity contribution in [2.45, 2.75) is 26.1 Å². The van der Waals surface area contributed by atoms with Crippen molar-refractivity contribution in [3.63, 3.8) is 0 Å². The van der Waals surface area contributed by atoms with Crippen molar-refractivity contribution < 1.29 is 29.8 Å². The van der Waals surface area contributed by atoms with Gasteiger partial charge in [0, 0.05) is 0 Å². The molecule has 0 aromatic carbocycles. The molecule has 0 aromatic rings. The molecule has 0 aromatic heterocycles. The molecule has 2 unspecified atom stereocenters. The molecule has 1 N–H and O–H groups in total. The molecule has 0 saturated carbocycles. The van der Waals surface area contributed by atoms with Gasteiger partial charge in [0.2, 0.25) is 0 Å². The topological polar surface area (TPSA) is 107 Å². The van der Waals surface area contributed by atoms with Crippen molar-refractivity contribution in [2.24, 2.45) is 0 Å². The largest absolute Gasteiger partial charge is 0.397 e. The van der Waals surface area contributed by atoms with Gasteiger partial charge in [0.15, 0.2) is 0 Å². The first-order valence-electron chi connectivity index (χ1n) is 3.19. The SMILES string of the molecule is CC(O[SH](=O)=O)C(C)OS(=O)(=O)O. The van der Waals surface area contributed by atoms with Crippen LogP contribution in [0, 0.1) is 0 Å². The molecule has 0 heterocycles. The molecule has 0 rings (SSSR count). The molecule has 2 atom stereocenters. The first kappa shape index (κ1) is 12.8. The maximum Gasteiger partial charge on any atom is 0.397 e. The Morgan fingerprint density at radius 1 is 1.23 bits per heavy atom. The number of rotatable bonds is 5. The van der Waals surface area contributed by atoms with Crippen LogP contribution >= 0.6 is 0 Å². The fraction of sp³-hybridized carbons (Fsp3) is 1.00. The third-order valence-corrected chi connectivity index (χ3v) is 2.24. The Morgan fingerprint density at radius 3 is 2.00 bits per heavy atom. The van der Waals surface area contributed by atoms with Crippen LogP contribution in [0.1, 0.15) is 13.8 Å². The highest BCUT2D eigenvalue weighted by Gasteiger charge is 2.20. The van der Waals surface area contributed by atoms with Crippen molar-refractivity contribution in [3.05, 3.63) is 0 Å². The number of hydrogen-bond acceptors (Lipinski definition) is 6. The van der Waals surface area contributed by atoms with E-state index in [0.29, 0.717) is 0 Å². The van der Waals surface area contributed by atoms with Crippen LogP contribution in [0.15, 0.2) is 0 Å². The van der Waals surface area contributed by atoms with Crippen molar-refractivity contribution in [3.8, 4) is 0 Å². The predicted octanol–water partition coefficient (Wildman–Crippen LogP) is -0.874. The van der Waals surface area contributed by atoms with E-state index in [2.05, 4.69) is 8.37 Å². The standard InChI is InChI=1S/C4H10O7S2/c1-3(10-12(5)6)4(2)11-13(7,8)9/h3-4,12H,1-2H3,(H,7,8,9). The summed E-state index contributed by atoms with van der Waals surface area (Å²) < 4.78 is 56.8. The third-order valence-electron chi connectivity index (χ3n) is 1.19. The summed E-state index contributed by atoms with van der Waals surface area (Å²) in [4.78, 5) is 0. The Kier molecular flexibility index (Phi) is 4.78. The smallest absolute Gasteiger partial charge is 0.266 e. The van der Waals surface area contributed by atoms with Gasteiger partial charge in [0.1, 0.15) is 12.2 Å². The molecular formula is C4H10O7S2. The van der Waals surface area contributed by atoms with Crippen LogP contribution in [-0.2, 0) is 29.8 Å². The maximum absolute atomic E-state index is 10.2. The van der Waals surface area contributed by atoms with Crippen LogP contribution in [0.5, 0.6) is 0 Å². The van der Waals surface area contributed by atoms with Gasteiger partial charge < -0.3 is 0 Å². The van der Waals surface area contributed by atoms with E-state index in [9.17, 15) is 16.8 Å². The summed E-state index contributed by atoms with van der Waals surface area (Å²) in [7, 11) is -7.65. The molecule has 13 heavy (non-hydrogen) atoms. The lowest BCUT2D eigenvalue weighted by Crippen LogP contribution is -2.28. The molecule has 0 amide bonds. The highest BCUT2D eigenvalue weighted by molar-refractivity contribution is 7.80. The summed E-state index contributed by atoms with van der Waals surface area (Å²) in [6, 6.07) is 0. The highest BCUT2D eigenvalue weighted by Crippen LogP contribution is 2.05. The third kappa shape index (κ3) is 6.90. The summed E-state index contributed by atoms with van der Waals surface area (Å²) in [5.74, 6) is 0. The molecule has 0 aliphatic heterocycles. The second-order valence-corrected chi connectivity index (χ2v) is 3.97. The van der Waals surface area contributed by atoms with Crippen LogP contribution in [0.2, 0.25) is 0 Å². The van der Waals surface area contributed by atoms with Crippen LogP contribution in [0.3, 0.4) is 0 Å². The molecule has 0 aliphatic carbocycles. The zero-order valence-corrected chi connectivity index (χ0v) is 8.62. The quantitative estimate of drug-likeness (QED) is 0.470. The maximum atomic E-state index is 10.2. The van der Waals surface area contributed by atoms with Gasteiger partial charge in [0.05, 0.1) is 0 Å². The van der Waals surface area contributed by atoms with Gasteiger partial charge in [-0.2, -0.15) is 8.42 Å². The minimum Gasteiger partial charge on any atom is -0.266 e. The zero-order chi connectivity index (χ0) is 10.6.